The highest BCUT2D eigenvalue weighted by molar-refractivity contribution is 6.30. The Kier molecular flexibility index (Phi) is 5.24. The van der Waals surface area contributed by atoms with Crippen LogP contribution in [0.4, 0.5) is 5.69 Å². The van der Waals surface area contributed by atoms with Crippen molar-refractivity contribution in [3.63, 3.8) is 0 Å². The van der Waals surface area contributed by atoms with Crippen molar-refractivity contribution in [2.45, 2.75) is 25.3 Å². The molecule has 0 saturated carbocycles. The fourth-order valence-corrected chi connectivity index (χ4v) is 2.07. The minimum atomic E-state index is -0.466. The van der Waals surface area contributed by atoms with Gasteiger partial charge in [-0.1, -0.05) is 11.6 Å². The van der Waals surface area contributed by atoms with Crippen molar-refractivity contribution in [3.8, 4) is 0 Å². The van der Waals surface area contributed by atoms with Crippen LogP contribution in [0.25, 0.3) is 0 Å². The van der Waals surface area contributed by atoms with Gasteiger partial charge < -0.3 is 15.4 Å². The van der Waals surface area contributed by atoms with Gasteiger partial charge in [0.1, 0.15) is 6.04 Å². The number of esters is 1. The van der Waals surface area contributed by atoms with Crippen molar-refractivity contribution >= 4 is 29.2 Å². The van der Waals surface area contributed by atoms with Gasteiger partial charge in [0, 0.05) is 30.1 Å². The van der Waals surface area contributed by atoms with Crippen molar-refractivity contribution in [2.75, 3.05) is 18.5 Å². The number of nitrogens with one attached hydrogen (secondary N) is 2. The second-order valence-corrected chi connectivity index (χ2v) is 5.05. The van der Waals surface area contributed by atoms with Crippen molar-refractivity contribution < 1.29 is 14.3 Å². The van der Waals surface area contributed by atoms with Crippen LogP contribution >= 0.6 is 11.6 Å². The Balaban J connectivity index is 1.62. The number of benzene rings is 1. The lowest BCUT2D eigenvalue weighted by Gasteiger charge is -2.09. The Morgan fingerprint density at radius 2 is 2.10 bits per heavy atom. The molecule has 1 aliphatic rings. The zero-order valence-electron chi connectivity index (χ0n) is 11.0. The molecule has 5 nitrogen and oxygen atoms in total. The third-order valence-corrected chi connectivity index (χ3v) is 3.28. The molecule has 6 heteroatoms. The van der Waals surface area contributed by atoms with Crippen molar-refractivity contribution in [2.24, 2.45) is 0 Å². The van der Waals surface area contributed by atoms with Crippen molar-refractivity contribution in [3.05, 3.63) is 29.3 Å². The number of rotatable bonds is 6. The molecule has 0 radical (unpaired) electrons. The second kappa shape index (κ2) is 7.14. The van der Waals surface area contributed by atoms with Crippen molar-refractivity contribution in [1.29, 1.82) is 0 Å². The maximum Gasteiger partial charge on any atom is 0.328 e. The summed E-state index contributed by atoms with van der Waals surface area (Å²) < 4.78 is 4.78. The van der Waals surface area contributed by atoms with E-state index < -0.39 is 6.04 Å². The molecule has 2 N–H and O–H groups in total. The van der Waals surface area contributed by atoms with Crippen LogP contribution in [0.3, 0.4) is 0 Å². The highest BCUT2D eigenvalue weighted by atomic mass is 35.5. The minimum absolute atomic E-state index is 0.119. The summed E-state index contributed by atoms with van der Waals surface area (Å²) in [6, 6.07) is 6.92. The molecule has 2 rings (SSSR count). The Labute approximate surface area is 122 Å². The molecule has 0 aromatic heterocycles. The Morgan fingerprint density at radius 3 is 2.75 bits per heavy atom. The molecule has 20 heavy (non-hydrogen) atoms. The van der Waals surface area contributed by atoms with E-state index in [0.717, 1.165) is 5.69 Å². The molecule has 1 unspecified atom stereocenters. The fraction of sp³-hybridized carbons (Fsp3) is 0.429. The van der Waals surface area contributed by atoms with E-state index in [-0.39, 0.29) is 11.9 Å². The van der Waals surface area contributed by atoms with Gasteiger partial charge >= 0.3 is 5.97 Å². The van der Waals surface area contributed by atoms with Gasteiger partial charge in [-0.25, -0.2) is 4.79 Å². The highest BCUT2D eigenvalue weighted by Gasteiger charge is 2.27. The van der Waals surface area contributed by atoms with Crippen LogP contribution in [-0.4, -0.2) is 31.1 Å². The molecule has 1 heterocycles. The number of carbonyl (C=O) groups excluding carboxylic acids is 2. The number of carbonyl (C=O) groups is 2. The van der Waals surface area contributed by atoms with Crippen LogP contribution in [0.2, 0.25) is 5.02 Å². The molecule has 1 saturated heterocycles. The van der Waals surface area contributed by atoms with Gasteiger partial charge in [-0.3, -0.25) is 4.79 Å². The van der Waals surface area contributed by atoms with Gasteiger partial charge in [0.25, 0.3) is 0 Å². The number of anilines is 1. The summed E-state index contributed by atoms with van der Waals surface area (Å²) in [5.74, 6) is -0.454. The molecular formula is C14H17ClN2O3. The number of halogens is 1. The second-order valence-electron chi connectivity index (χ2n) is 4.61. The lowest BCUT2D eigenvalue weighted by atomic mass is 10.2. The summed E-state index contributed by atoms with van der Waals surface area (Å²) >= 11 is 5.79. The number of ether oxygens (including phenoxy) is 1. The maximum atomic E-state index is 11.6. The van der Waals surface area contributed by atoms with E-state index in [1.165, 1.54) is 0 Å². The van der Waals surface area contributed by atoms with E-state index in [0.29, 0.717) is 37.4 Å². The molecule has 1 aromatic carbocycles. The van der Waals surface area contributed by atoms with Gasteiger partial charge in [0.15, 0.2) is 0 Å². The normalized spacial score (nSPS) is 17.6. The number of cyclic esters (lactones) is 1. The molecule has 1 fully saturated rings. The van der Waals surface area contributed by atoms with E-state index in [1.807, 2.05) is 24.3 Å². The summed E-state index contributed by atoms with van der Waals surface area (Å²) in [4.78, 5) is 22.8. The highest BCUT2D eigenvalue weighted by Crippen LogP contribution is 2.13. The number of amides is 1. The lowest BCUT2D eigenvalue weighted by Crippen LogP contribution is -2.37. The summed E-state index contributed by atoms with van der Waals surface area (Å²) in [5, 5.41) is 6.57. The van der Waals surface area contributed by atoms with Gasteiger partial charge in [0.05, 0.1) is 6.61 Å². The predicted molar refractivity (Wildman–Crippen MR) is 76.7 cm³/mol. The first-order valence-electron chi connectivity index (χ1n) is 6.60. The average Bonchev–Trinajstić information content (AvgIpc) is 2.82. The first-order chi connectivity index (χ1) is 9.65. The first kappa shape index (κ1) is 14.7. The Hall–Kier alpha value is -1.75. The molecule has 0 bridgehead atoms. The molecule has 0 spiro atoms. The van der Waals surface area contributed by atoms with E-state index >= 15 is 0 Å². The van der Waals surface area contributed by atoms with E-state index in [9.17, 15) is 9.59 Å². The van der Waals surface area contributed by atoms with Crippen LogP contribution in [0.5, 0.6) is 0 Å². The number of hydrogen-bond acceptors (Lipinski definition) is 4. The standard InChI is InChI=1S/C14H17ClN2O3/c15-10-3-5-11(6-4-10)16-8-1-2-13(18)17-12-7-9-20-14(12)19/h3-6,12,16H,1-2,7-9H2,(H,17,18). The molecule has 108 valence electrons. The van der Waals surface area contributed by atoms with Crippen LogP contribution in [0.15, 0.2) is 24.3 Å². The quantitative estimate of drug-likeness (QED) is 0.622. The van der Waals surface area contributed by atoms with Crippen LogP contribution in [0, 0.1) is 0 Å². The molecule has 1 atom stereocenters. The average molecular weight is 297 g/mol. The van der Waals surface area contributed by atoms with Gasteiger partial charge in [0.2, 0.25) is 5.91 Å². The SMILES string of the molecule is O=C(CCCNc1ccc(Cl)cc1)NC1CCOC1=O. The Morgan fingerprint density at radius 1 is 1.35 bits per heavy atom. The van der Waals surface area contributed by atoms with E-state index in [1.54, 1.807) is 0 Å². The lowest BCUT2D eigenvalue weighted by molar-refractivity contribution is -0.141. The topological polar surface area (TPSA) is 67.4 Å². The first-order valence-corrected chi connectivity index (χ1v) is 6.98. The maximum absolute atomic E-state index is 11.6. The van der Waals surface area contributed by atoms with Crippen LogP contribution < -0.4 is 10.6 Å². The fourth-order valence-electron chi connectivity index (χ4n) is 1.94. The summed E-state index contributed by atoms with van der Waals surface area (Å²) in [5.41, 5.74) is 0.967. The third-order valence-electron chi connectivity index (χ3n) is 3.02. The molecule has 1 amide bonds. The Bertz CT molecular complexity index is 476. The number of hydrogen-bond donors (Lipinski definition) is 2. The third kappa shape index (κ3) is 4.42. The molecule has 1 aromatic rings. The molecule has 1 aliphatic heterocycles. The monoisotopic (exact) mass is 296 g/mol. The summed E-state index contributed by atoms with van der Waals surface area (Å²) in [6.07, 6.45) is 1.63. The molecular weight excluding hydrogens is 280 g/mol. The zero-order valence-corrected chi connectivity index (χ0v) is 11.8. The zero-order chi connectivity index (χ0) is 14.4. The van der Waals surface area contributed by atoms with Crippen LogP contribution in [0.1, 0.15) is 19.3 Å². The smallest absolute Gasteiger partial charge is 0.328 e. The largest absolute Gasteiger partial charge is 0.464 e. The molecule has 0 aliphatic carbocycles. The minimum Gasteiger partial charge on any atom is -0.464 e. The van der Waals surface area contributed by atoms with Gasteiger partial charge in [-0.2, -0.15) is 0 Å². The summed E-state index contributed by atoms with van der Waals surface area (Å²) in [6.45, 7) is 1.08. The van der Waals surface area contributed by atoms with Crippen molar-refractivity contribution in [1.82, 2.24) is 5.32 Å². The summed E-state index contributed by atoms with van der Waals surface area (Å²) in [7, 11) is 0. The van der Waals surface area contributed by atoms with Crippen LogP contribution in [-0.2, 0) is 14.3 Å². The van der Waals surface area contributed by atoms with E-state index in [4.69, 9.17) is 16.3 Å². The van der Waals surface area contributed by atoms with Gasteiger partial charge in [-0.15, -0.1) is 0 Å². The predicted octanol–water partition coefficient (Wildman–Crippen LogP) is 1.96. The van der Waals surface area contributed by atoms with Gasteiger partial charge in [-0.05, 0) is 30.7 Å². The van der Waals surface area contributed by atoms with E-state index in [2.05, 4.69) is 10.6 Å².